The van der Waals surface area contributed by atoms with Crippen LogP contribution in [-0.2, 0) is 0 Å². The van der Waals surface area contributed by atoms with Gasteiger partial charge in [-0.2, -0.15) is 0 Å². The minimum atomic E-state index is -0.404. The van der Waals surface area contributed by atoms with Gasteiger partial charge in [0.25, 0.3) is 5.91 Å². The lowest BCUT2D eigenvalue weighted by atomic mass is 10.1. The Morgan fingerprint density at radius 1 is 0.848 bits per heavy atom. The second-order valence-corrected chi connectivity index (χ2v) is 8.50. The standard InChI is InChI=1S/C26H18Cl2N4O/c1-16-6-10-21(28)15-23(16)32-25(18-7-11-20(27)12-8-18)30-24(31-32)26(33)29-22-13-9-17-4-2-3-5-19(17)14-22/h2-15H,1H3,(H,29,33). The predicted molar refractivity (Wildman–Crippen MR) is 133 cm³/mol. The third-order valence-corrected chi connectivity index (χ3v) is 5.81. The van der Waals surface area contributed by atoms with E-state index in [1.165, 1.54) is 0 Å². The quantitative estimate of drug-likeness (QED) is 0.307. The number of halogens is 2. The minimum Gasteiger partial charge on any atom is -0.319 e. The molecule has 0 bridgehead atoms. The molecule has 1 N–H and O–H groups in total. The van der Waals surface area contributed by atoms with E-state index < -0.39 is 5.91 Å². The Kier molecular flexibility index (Phi) is 5.58. The van der Waals surface area contributed by atoms with E-state index in [2.05, 4.69) is 15.4 Å². The maximum atomic E-state index is 13.1. The first-order valence-corrected chi connectivity index (χ1v) is 11.0. The van der Waals surface area contributed by atoms with E-state index in [0.717, 1.165) is 27.6 Å². The Balaban J connectivity index is 1.56. The van der Waals surface area contributed by atoms with Gasteiger partial charge in [0, 0.05) is 21.3 Å². The van der Waals surface area contributed by atoms with Crippen LogP contribution in [0.1, 0.15) is 16.2 Å². The van der Waals surface area contributed by atoms with Crippen LogP contribution >= 0.6 is 23.2 Å². The van der Waals surface area contributed by atoms with Crippen LogP contribution in [0.15, 0.2) is 84.9 Å². The molecule has 0 unspecified atom stereocenters. The lowest BCUT2D eigenvalue weighted by molar-refractivity contribution is 0.101. The van der Waals surface area contributed by atoms with Crippen molar-refractivity contribution in [2.24, 2.45) is 0 Å². The van der Waals surface area contributed by atoms with Crippen molar-refractivity contribution in [3.63, 3.8) is 0 Å². The van der Waals surface area contributed by atoms with Crippen molar-refractivity contribution < 1.29 is 4.79 Å². The number of anilines is 1. The number of hydrogen-bond acceptors (Lipinski definition) is 3. The number of benzene rings is 4. The van der Waals surface area contributed by atoms with Crippen molar-refractivity contribution in [3.05, 3.63) is 106 Å². The van der Waals surface area contributed by atoms with Crippen LogP contribution in [0.25, 0.3) is 27.8 Å². The fourth-order valence-electron chi connectivity index (χ4n) is 3.63. The summed E-state index contributed by atoms with van der Waals surface area (Å²) in [7, 11) is 0. The average molecular weight is 473 g/mol. The van der Waals surface area contributed by atoms with Crippen LogP contribution in [0.4, 0.5) is 5.69 Å². The number of hydrogen-bond donors (Lipinski definition) is 1. The number of nitrogens with zero attached hydrogens (tertiary/aromatic N) is 3. The van der Waals surface area contributed by atoms with E-state index >= 15 is 0 Å². The van der Waals surface area contributed by atoms with Crippen molar-refractivity contribution >= 4 is 45.6 Å². The van der Waals surface area contributed by atoms with Gasteiger partial charge in [-0.25, -0.2) is 9.67 Å². The second-order valence-electron chi connectivity index (χ2n) is 7.62. The van der Waals surface area contributed by atoms with Gasteiger partial charge in [-0.3, -0.25) is 4.79 Å². The molecule has 0 saturated heterocycles. The zero-order chi connectivity index (χ0) is 22.9. The molecular weight excluding hydrogens is 455 g/mol. The molecule has 0 spiro atoms. The normalized spacial score (nSPS) is 11.0. The van der Waals surface area contributed by atoms with E-state index in [0.29, 0.717) is 21.6 Å². The third-order valence-electron chi connectivity index (χ3n) is 5.32. The maximum absolute atomic E-state index is 13.1. The number of rotatable bonds is 4. The molecule has 0 atom stereocenters. The molecule has 33 heavy (non-hydrogen) atoms. The van der Waals surface area contributed by atoms with Crippen LogP contribution in [0, 0.1) is 6.92 Å². The average Bonchev–Trinajstić information content (AvgIpc) is 3.26. The molecule has 0 radical (unpaired) electrons. The fraction of sp³-hybridized carbons (Fsp3) is 0.0385. The molecule has 0 aliphatic rings. The summed E-state index contributed by atoms with van der Waals surface area (Å²) in [4.78, 5) is 17.7. The van der Waals surface area contributed by atoms with Gasteiger partial charge in [0.1, 0.15) is 0 Å². The molecule has 162 valence electrons. The highest BCUT2D eigenvalue weighted by atomic mass is 35.5. The first-order valence-electron chi connectivity index (χ1n) is 10.3. The number of carbonyl (C=O) groups is 1. The van der Waals surface area contributed by atoms with Crippen LogP contribution < -0.4 is 5.32 Å². The molecule has 5 aromatic rings. The van der Waals surface area contributed by atoms with E-state index in [4.69, 9.17) is 23.2 Å². The third kappa shape index (κ3) is 4.33. The van der Waals surface area contributed by atoms with Gasteiger partial charge in [0.15, 0.2) is 5.82 Å². The minimum absolute atomic E-state index is 0.0486. The molecule has 1 aromatic heterocycles. The van der Waals surface area contributed by atoms with Gasteiger partial charge in [-0.15, -0.1) is 5.10 Å². The summed E-state index contributed by atoms with van der Waals surface area (Å²) in [5.41, 5.74) is 3.13. The van der Waals surface area contributed by atoms with Crippen LogP contribution in [0.5, 0.6) is 0 Å². The highest BCUT2D eigenvalue weighted by Gasteiger charge is 2.20. The molecule has 5 nitrogen and oxygen atoms in total. The van der Waals surface area contributed by atoms with Gasteiger partial charge in [-0.05, 0) is 71.8 Å². The Morgan fingerprint density at radius 2 is 1.58 bits per heavy atom. The summed E-state index contributed by atoms with van der Waals surface area (Å²) >= 11 is 12.3. The molecule has 4 aromatic carbocycles. The van der Waals surface area contributed by atoms with Crippen molar-refractivity contribution in [1.82, 2.24) is 14.8 Å². The topological polar surface area (TPSA) is 59.8 Å². The van der Waals surface area contributed by atoms with Gasteiger partial charge in [-0.1, -0.05) is 59.6 Å². The molecule has 0 aliphatic carbocycles. The predicted octanol–water partition coefficient (Wildman–Crippen LogP) is 6.96. The zero-order valence-corrected chi connectivity index (χ0v) is 19.1. The summed E-state index contributed by atoms with van der Waals surface area (Å²) in [6.07, 6.45) is 0. The largest absolute Gasteiger partial charge is 0.319 e. The number of aryl methyl sites for hydroxylation is 1. The Morgan fingerprint density at radius 3 is 2.36 bits per heavy atom. The Hall–Kier alpha value is -3.67. The first-order chi connectivity index (χ1) is 16.0. The summed E-state index contributed by atoms with van der Waals surface area (Å²) in [6.45, 7) is 1.95. The molecule has 0 aliphatic heterocycles. The van der Waals surface area contributed by atoms with Crippen molar-refractivity contribution in [3.8, 4) is 17.1 Å². The smallest absolute Gasteiger partial charge is 0.295 e. The highest BCUT2D eigenvalue weighted by molar-refractivity contribution is 6.31. The van der Waals surface area contributed by atoms with E-state index in [9.17, 15) is 4.79 Å². The molecule has 5 rings (SSSR count). The molecule has 1 heterocycles. The monoisotopic (exact) mass is 472 g/mol. The number of carbonyl (C=O) groups excluding carboxylic acids is 1. The SMILES string of the molecule is Cc1ccc(Cl)cc1-n1nc(C(=O)Nc2ccc3ccccc3c2)nc1-c1ccc(Cl)cc1. The maximum Gasteiger partial charge on any atom is 0.295 e. The summed E-state index contributed by atoms with van der Waals surface area (Å²) in [6, 6.07) is 26.5. The number of amides is 1. The van der Waals surface area contributed by atoms with Crippen LogP contribution in [-0.4, -0.2) is 20.7 Å². The van der Waals surface area contributed by atoms with E-state index in [-0.39, 0.29) is 5.82 Å². The van der Waals surface area contributed by atoms with Gasteiger partial charge < -0.3 is 5.32 Å². The first kappa shape index (κ1) is 21.2. The van der Waals surface area contributed by atoms with Crippen LogP contribution in [0.2, 0.25) is 10.0 Å². The van der Waals surface area contributed by atoms with Gasteiger partial charge >= 0.3 is 0 Å². The molecule has 1 amide bonds. The molecular formula is C26H18Cl2N4O. The molecule has 0 fully saturated rings. The Bertz CT molecular complexity index is 1490. The number of nitrogens with one attached hydrogen (secondary N) is 1. The van der Waals surface area contributed by atoms with Gasteiger partial charge in [0.2, 0.25) is 5.82 Å². The molecule has 7 heteroatoms. The zero-order valence-electron chi connectivity index (χ0n) is 17.6. The van der Waals surface area contributed by atoms with E-state index in [1.807, 2.05) is 73.7 Å². The highest BCUT2D eigenvalue weighted by Crippen LogP contribution is 2.27. The summed E-state index contributed by atoms with van der Waals surface area (Å²) < 4.78 is 1.64. The summed E-state index contributed by atoms with van der Waals surface area (Å²) in [5, 5.41) is 10.7. The number of aromatic nitrogens is 3. The van der Waals surface area contributed by atoms with Crippen molar-refractivity contribution in [1.29, 1.82) is 0 Å². The Labute approximate surface area is 200 Å². The lowest BCUT2D eigenvalue weighted by Gasteiger charge is -2.09. The van der Waals surface area contributed by atoms with Crippen molar-refractivity contribution in [2.45, 2.75) is 6.92 Å². The number of fused-ring (bicyclic) bond motifs is 1. The fourth-order valence-corrected chi connectivity index (χ4v) is 3.92. The lowest BCUT2D eigenvalue weighted by Crippen LogP contribution is -2.14. The van der Waals surface area contributed by atoms with E-state index in [1.54, 1.807) is 22.9 Å². The van der Waals surface area contributed by atoms with Gasteiger partial charge in [0.05, 0.1) is 5.69 Å². The molecule has 0 saturated carbocycles. The van der Waals surface area contributed by atoms with Crippen LogP contribution in [0.3, 0.4) is 0 Å². The second kappa shape index (κ2) is 8.70. The summed E-state index contributed by atoms with van der Waals surface area (Å²) in [5.74, 6) is 0.159. The van der Waals surface area contributed by atoms with Crippen molar-refractivity contribution in [2.75, 3.05) is 5.32 Å².